The van der Waals surface area contributed by atoms with Gasteiger partial charge in [-0.1, -0.05) is 12.1 Å². The van der Waals surface area contributed by atoms with Crippen molar-refractivity contribution in [3.8, 4) is 0 Å². The van der Waals surface area contributed by atoms with Crippen LogP contribution >= 0.6 is 0 Å². The number of hydrogen-bond donors (Lipinski definition) is 1. The molecule has 2 N–H and O–H groups in total. The van der Waals surface area contributed by atoms with Gasteiger partial charge in [-0.3, -0.25) is 0 Å². The minimum absolute atomic E-state index is 0.110. The van der Waals surface area contributed by atoms with Gasteiger partial charge in [-0.25, -0.2) is 13.6 Å². The molecule has 0 aromatic heterocycles. The first-order valence-corrected chi connectivity index (χ1v) is 5.87. The Morgan fingerprint density at radius 2 is 1.71 bits per heavy atom. The lowest BCUT2D eigenvalue weighted by molar-refractivity contribution is 0.597. The monoisotopic (exact) mass is 214 g/mol. The second kappa shape index (κ2) is 3.98. The molecule has 78 valence electrons. The smallest absolute Gasteiger partial charge is 0.213 e. The molecule has 0 fully saturated rings. The highest BCUT2D eigenvalue weighted by Gasteiger charge is 2.04. The molecular weight excluding hydrogens is 200 g/mol. The lowest BCUT2D eigenvalue weighted by atomic mass is 10.2. The van der Waals surface area contributed by atoms with Crippen LogP contribution in [0.2, 0.25) is 0 Å². The highest BCUT2D eigenvalue weighted by atomic mass is 32.2. The highest BCUT2D eigenvalue weighted by molar-refractivity contribution is 7.88. The molecule has 1 aromatic rings. The molecule has 0 heterocycles. The summed E-state index contributed by atoms with van der Waals surface area (Å²) in [5, 5.41) is 4.93. The summed E-state index contributed by atoms with van der Waals surface area (Å²) in [6, 6.07) is 7.25. The molecule has 0 bridgehead atoms. The molecule has 14 heavy (non-hydrogen) atoms. The van der Waals surface area contributed by atoms with Crippen LogP contribution in [0.1, 0.15) is 5.56 Å². The van der Waals surface area contributed by atoms with Crippen LogP contribution in [-0.2, 0) is 15.8 Å². The molecule has 1 aromatic carbocycles. The average Bonchev–Trinajstić information content (AvgIpc) is 2.02. The van der Waals surface area contributed by atoms with Gasteiger partial charge in [0.1, 0.15) is 0 Å². The molecule has 0 radical (unpaired) electrons. The van der Waals surface area contributed by atoms with E-state index in [2.05, 4.69) is 0 Å². The number of nitrogens with two attached hydrogens (primary N) is 1. The third kappa shape index (κ3) is 3.35. The van der Waals surface area contributed by atoms with Crippen molar-refractivity contribution >= 4 is 15.7 Å². The van der Waals surface area contributed by atoms with E-state index in [4.69, 9.17) is 5.14 Å². The molecule has 0 saturated heterocycles. The van der Waals surface area contributed by atoms with E-state index in [9.17, 15) is 8.42 Å². The molecule has 0 aliphatic carbocycles. The number of hydrogen-bond acceptors (Lipinski definition) is 3. The minimum Gasteiger partial charge on any atom is -0.378 e. The fourth-order valence-corrected chi connectivity index (χ4v) is 1.78. The Kier molecular flexibility index (Phi) is 3.13. The van der Waals surface area contributed by atoms with Gasteiger partial charge in [-0.15, -0.1) is 0 Å². The van der Waals surface area contributed by atoms with Gasteiger partial charge < -0.3 is 4.90 Å². The van der Waals surface area contributed by atoms with Crippen LogP contribution < -0.4 is 10.0 Å². The van der Waals surface area contributed by atoms with Gasteiger partial charge in [0.25, 0.3) is 0 Å². The number of rotatable bonds is 3. The molecule has 0 saturated carbocycles. The summed E-state index contributed by atoms with van der Waals surface area (Å²) < 4.78 is 21.6. The van der Waals surface area contributed by atoms with E-state index in [1.165, 1.54) is 0 Å². The number of anilines is 1. The van der Waals surface area contributed by atoms with Crippen LogP contribution in [0.15, 0.2) is 24.3 Å². The van der Waals surface area contributed by atoms with Crippen LogP contribution in [-0.4, -0.2) is 22.5 Å². The molecule has 0 aliphatic heterocycles. The molecule has 5 heteroatoms. The molecule has 0 spiro atoms. The molecule has 1 rings (SSSR count). The van der Waals surface area contributed by atoms with E-state index in [1.54, 1.807) is 12.1 Å². The summed E-state index contributed by atoms with van der Waals surface area (Å²) in [5.41, 5.74) is 1.74. The van der Waals surface area contributed by atoms with Gasteiger partial charge in [0.05, 0.1) is 5.75 Å². The van der Waals surface area contributed by atoms with Crippen molar-refractivity contribution in [1.82, 2.24) is 0 Å². The molecule has 4 nitrogen and oxygen atoms in total. The largest absolute Gasteiger partial charge is 0.378 e. The number of benzene rings is 1. The van der Waals surface area contributed by atoms with Crippen molar-refractivity contribution in [1.29, 1.82) is 0 Å². The summed E-state index contributed by atoms with van der Waals surface area (Å²) in [5.74, 6) is -0.110. The van der Waals surface area contributed by atoms with E-state index in [0.29, 0.717) is 5.56 Å². The summed E-state index contributed by atoms with van der Waals surface area (Å²) >= 11 is 0. The Hall–Kier alpha value is -1.07. The van der Waals surface area contributed by atoms with Crippen molar-refractivity contribution in [3.05, 3.63) is 29.8 Å². The van der Waals surface area contributed by atoms with Crippen LogP contribution in [0.5, 0.6) is 0 Å². The second-order valence-electron chi connectivity index (χ2n) is 3.37. The van der Waals surface area contributed by atoms with Crippen LogP contribution in [0.25, 0.3) is 0 Å². The topological polar surface area (TPSA) is 63.4 Å². The number of nitrogens with zero attached hydrogens (tertiary/aromatic N) is 1. The maximum atomic E-state index is 10.8. The number of sulfonamides is 1. The minimum atomic E-state index is -3.42. The zero-order valence-corrected chi connectivity index (χ0v) is 9.08. The van der Waals surface area contributed by atoms with E-state index in [1.807, 2.05) is 31.1 Å². The molecule has 0 atom stereocenters. The van der Waals surface area contributed by atoms with E-state index in [-0.39, 0.29) is 5.75 Å². The van der Waals surface area contributed by atoms with Crippen molar-refractivity contribution in [3.63, 3.8) is 0 Å². The first-order valence-electron chi connectivity index (χ1n) is 4.15. The van der Waals surface area contributed by atoms with Gasteiger partial charge in [-0.2, -0.15) is 0 Å². The SMILES string of the molecule is CN(C)c1ccc(CS(N)(=O)=O)cc1. The lowest BCUT2D eigenvalue weighted by Crippen LogP contribution is -2.14. The molecule has 0 amide bonds. The Morgan fingerprint density at radius 1 is 1.21 bits per heavy atom. The summed E-state index contributed by atoms with van der Waals surface area (Å²) in [4.78, 5) is 1.95. The van der Waals surface area contributed by atoms with E-state index in [0.717, 1.165) is 5.69 Å². The van der Waals surface area contributed by atoms with Crippen LogP contribution in [0, 0.1) is 0 Å². The quantitative estimate of drug-likeness (QED) is 0.798. The molecular formula is C9H14N2O2S. The Labute approximate surface area is 84.4 Å². The zero-order chi connectivity index (χ0) is 10.8. The Morgan fingerprint density at radius 3 is 2.07 bits per heavy atom. The predicted molar refractivity (Wildman–Crippen MR) is 57.6 cm³/mol. The first kappa shape index (κ1) is 11.0. The summed E-state index contributed by atoms with van der Waals surface area (Å²) in [7, 11) is 0.427. The highest BCUT2D eigenvalue weighted by Crippen LogP contribution is 2.13. The van der Waals surface area contributed by atoms with Crippen LogP contribution in [0.4, 0.5) is 5.69 Å². The first-order chi connectivity index (χ1) is 6.38. The standard InChI is InChI=1S/C9H14N2O2S/c1-11(2)9-5-3-8(4-6-9)7-14(10,12)13/h3-6H,7H2,1-2H3,(H2,10,12,13). The lowest BCUT2D eigenvalue weighted by Gasteiger charge is -2.12. The molecule has 0 aliphatic rings. The van der Waals surface area contributed by atoms with Gasteiger partial charge in [0.2, 0.25) is 10.0 Å². The van der Waals surface area contributed by atoms with Crippen molar-refractivity contribution in [2.75, 3.05) is 19.0 Å². The zero-order valence-electron chi connectivity index (χ0n) is 8.27. The van der Waals surface area contributed by atoms with Gasteiger partial charge in [0.15, 0.2) is 0 Å². The average molecular weight is 214 g/mol. The summed E-state index contributed by atoms with van der Waals surface area (Å²) in [6.07, 6.45) is 0. The third-order valence-corrected chi connectivity index (χ3v) is 2.56. The van der Waals surface area contributed by atoms with E-state index >= 15 is 0 Å². The number of primary sulfonamides is 1. The van der Waals surface area contributed by atoms with E-state index < -0.39 is 10.0 Å². The summed E-state index contributed by atoms with van der Waals surface area (Å²) in [6.45, 7) is 0. The fraction of sp³-hybridized carbons (Fsp3) is 0.333. The van der Waals surface area contributed by atoms with Gasteiger partial charge in [-0.05, 0) is 17.7 Å². The van der Waals surface area contributed by atoms with Gasteiger partial charge in [0, 0.05) is 19.8 Å². The van der Waals surface area contributed by atoms with Crippen molar-refractivity contribution in [2.24, 2.45) is 5.14 Å². The fourth-order valence-electron chi connectivity index (χ4n) is 1.12. The maximum Gasteiger partial charge on any atom is 0.213 e. The maximum absolute atomic E-state index is 10.8. The Balaban J connectivity index is 2.84. The van der Waals surface area contributed by atoms with Crippen LogP contribution in [0.3, 0.4) is 0 Å². The van der Waals surface area contributed by atoms with Crippen molar-refractivity contribution in [2.45, 2.75) is 5.75 Å². The second-order valence-corrected chi connectivity index (χ2v) is 4.98. The Bertz CT molecular complexity index is 395. The van der Waals surface area contributed by atoms with Crippen molar-refractivity contribution < 1.29 is 8.42 Å². The molecule has 0 unspecified atom stereocenters. The predicted octanol–water partition coefficient (Wildman–Crippen LogP) is 0.541. The van der Waals surface area contributed by atoms with Gasteiger partial charge >= 0.3 is 0 Å². The normalized spacial score (nSPS) is 11.4. The third-order valence-electron chi connectivity index (χ3n) is 1.82.